The van der Waals surface area contributed by atoms with Crippen LogP contribution in [0, 0.1) is 69.1 Å². The van der Waals surface area contributed by atoms with Crippen LogP contribution in [0.5, 0.6) is 0 Å². The van der Waals surface area contributed by atoms with E-state index in [1.165, 1.54) is 33.5 Å². The van der Waals surface area contributed by atoms with E-state index in [0.29, 0.717) is 0 Å². The van der Waals surface area contributed by atoms with E-state index in [1.807, 2.05) is 6.92 Å². The summed E-state index contributed by atoms with van der Waals surface area (Å²) in [5.41, 5.74) is 8.26. The lowest BCUT2D eigenvalue weighted by atomic mass is 9.86. The van der Waals surface area contributed by atoms with Gasteiger partial charge in [0, 0.05) is 18.8 Å². The standard InChI is InChI=1S/C25H29BN6/c1-14-10-21(26)11-15(2)23(14)32-17(4)16(3)22-24(29-18(5)30-25(22)32)31-8-6-19(7-9-31)20(12-27)13-28/h10-11,19-20H,6-9,26H2,1-5H3. The Morgan fingerprint density at radius 3 is 2.16 bits per heavy atom. The van der Waals surface area contributed by atoms with Crippen LogP contribution < -0.4 is 10.4 Å². The minimum atomic E-state index is -0.526. The van der Waals surface area contributed by atoms with Gasteiger partial charge in [-0.1, -0.05) is 17.6 Å². The summed E-state index contributed by atoms with van der Waals surface area (Å²) in [5, 5.41) is 19.6. The van der Waals surface area contributed by atoms with Crippen molar-refractivity contribution in [2.45, 2.75) is 47.5 Å². The van der Waals surface area contributed by atoms with Gasteiger partial charge in [0.15, 0.2) is 5.65 Å². The zero-order valence-electron chi connectivity index (χ0n) is 19.8. The molecular weight excluding hydrogens is 395 g/mol. The van der Waals surface area contributed by atoms with Crippen LogP contribution in [0.2, 0.25) is 0 Å². The number of aryl methyl sites for hydroxylation is 4. The summed E-state index contributed by atoms with van der Waals surface area (Å²) in [6.07, 6.45) is 1.65. The van der Waals surface area contributed by atoms with E-state index in [0.717, 1.165) is 48.6 Å². The highest BCUT2D eigenvalue weighted by molar-refractivity contribution is 6.32. The van der Waals surface area contributed by atoms with E-state index < -0.39 is 5.92 Å². The van der Waals surface area contributed by atoms with Crippen molar-refractivity contribution < 1.29 is 0 Å². The van der Waals surface area contributed by atoms with Gasteiger partial charge in [0.2, 0.25) is 0 Å². The lowest BCUT2D eigenvalue weighted by Crippen LogP contribution is -2.36. The Morgan fingerprint density at radius 1 is 1.00 bits per heavy atom. The Kier molecular flexibility index (Phi) is 5.69. The van der Waals surface area contributed by atoms with Crippen LogP contribution in [-0.2, 0) is 0 Å². The summed E-state index contributed by atoms with van der Waals surface area (Å²) >= 11 is 0. The number of fused-ring (bicyclic) bond motifs is 1. The normalized spacial score (nSPS) is 14.7. The van der Waals surface area contributed by atoms with E-state index in [-0.39, 0.29) is 5.92 Å². The molecule has 1 aromatic carbocycles. The Hall–Kier alpha value is -3.32. The SMILES string of the molecule is Bc1cc(C)c(-n2c(C)c(C)c3c(N4CCC(C(C#N)C#N)CC4)nc(C)nc32)c(C)c1. The Bertz CT molecular complexity index is 1250. The second-order valence-corrected chi connectivity index (χ2v) is 9.15. The molecule has 32 heavy (non-hydrogen) atoms. The fraction of sp³-hybridized carbons (Fsp3) is 0.440. The molecule has 0 saturated carbocycles. The van der Waals surface area contributed by atoms with Crippen molar-refractivity contribution in [3.05, 3.63) is 40.3 Å². The molecule has 2 aromatic heterocycles. The van der Waals surface area contributed by atoms with Crippen LogP contribution >= 0.6 is 0 Å². The maximum absolute atomic E-state index is 9.27. The summed E-state index contributed by atoms with van der Waals surface area (Å²) < 4.78 is 2.29. The molecule has 6 nitrogen and oxygen atoms in total. The van der Waals surface area contributed by atoms with Crippen molar-refractivity contribution in [1.82, 2.24) is 14.5 Å². The molecule has 7 heteroatoms. The summed E-state index contributed by atoms with van der Waals surface area (Å²) in [4.78, 5) is 12.1. The molecular formula is C25H29BN6. The van der Waals surface area contributed by atoms with Crippen LogP contribution in [0.4, 0.5) is 5.82 Å². The van der Waals surface area contributed by atoms with Gasteiger partial charge in [-0.15, -0.1) is 0 Å². The van der Waals surface area contributed by atoms with Gasteiger partial charge in [-0.3, -0.25) is 4.57 Å². The molecule has 1 aliphatic rings. The molecule has 3 aromatic rings. The number of rotatable bonds is 3. The van der Waals surface area contributed by atoms with Gasteiger partial charge in [-0.25, -0.2) is 9.97 Å². The fourth-order valence-electron chi connectivity index (χ4n) is 5.26. The average Bonchev–Trinajstić information content (AvgIpc) is 2.99. The maximum Gasteiger partial charge on any atom is 0.150 e. The Balaban J connectivity index is 1.84. The minimum absolute atomic E-state index is 0.130. The first-order chi connectivity index (χ1) is 15.3. The first-order valence-corrected chi connectivity index (χ1v) is 11.3. The molecule has 1 saturated heterocycles. The predicted octanol–water partition coefficient (Wildman–Crippen LogP) is 3.10. The first-order valence-electron chi connectivity index (χ1n) is 11.3. The van der Waals surface area contributed by atoms with Gasteiger partial charge in [0.1, 0.15) is 25.4 Å². The molecule has 0 amide bonds. The number of nitriles is 2. The maximum atomic E-state index is 9.27. The van der Waals surface area contributed by atoms with Gasteiger partial charge in [-0.05, 0) is 70.1 Å². The van der Waals surface area contributed by atoms with Crippen molar-refractivity contribution in [2.24, 2.45) is 11.8 Å². The summed E-state index contributed by atoms with van der Waals surface area (Å²) in [7, 11) is 2.13. The van der Waals surface area contributed by atoms with Crippen LogP contribution in [-0.4, -0.2) is 35.5 Å². The monoisotopic (exact) mass is 424 g/mol. The third kappa shape index (κ3) is 3.52. The Labute approximate surface area is 190 Å². The average molecular weight is 424 g/mol. The van der Waals surface area contributed by atoms with Crippen LogP contribution in [0.25, 0.3) is 16.7 Å². The van der Waals surface area contributed by atoms with Crippen LogP contribution in [0.3, 0.4) is 0 Å². The van der Waals surface area contributed by atoms with E-state index in [4.69, 9.17) is 9.97 Å². The molecule has 162 valence electrons. The molecule has 4 rings (SSSR count). The quantitative estimate of drug-likeness (QED) is 0.604. The second kappa shape index (κ2) is 8.32. The van der Waals surface area contributed by atoms with Crippen molar-refractivity contribution in [3.8, 4) is 17.8 Å². The summed E-state index contributed by atoms with van der Waals surface area (Å²) in [6, 6.07) is 8.77. The lowest BCUT2D eigenvalue weighted by Gasteiger charge is -2.33. The van der Waals surface area contributed by atoms with Crippen molar-refractivity contribution in [1.29, 1.82) is 10.5 Å². The predicted molar refractivity (Wildman–Crippen MR) is 130 cm³/mol. The van der Waals surface area contributed by atoms with Crippen LogP contribution in [0.15, 0.2) is 12.1 Å². The van der Waals surface area contributed by atoms with E-state index in [9.17, 15) is 10.5 Å². The van der Waals surface area contributed by atoms with E-state index in [1.54, 1.807) is 0 Å². The smallest absolute Gasteiger partial charge is 0.150 e. The number of hydrogen-bond donors (Lipinski definition) is 0. The topological polar surface area (TPSA) is 81.5 Å². The Morgan fingerprint density at radius 2 is 1.59 bits per heavy atom. The van der Waals surface area contributed by atoms with Gasteiger partial charge >= 0.3 is 0 Å². The number of benzene rings is 1. The number of aromatic nitrogens is 3. The van der Waals surface area contributed by atoms with Gasteiger partial charge in [0.25, 0.3) is 0 Å². The van der Waals surface area contributed by atoms with Crippen molar-refractivity contribution in [2.75, 3.05) is 18.0 Å². The highest BCUT2D eigenvalue weighted by Crippen LogP contribution is 2.37. The van der Waals surface area contributed by atoms with Gasteiger partial charge in [0.05, 0.1) is 23.2 Å². The molecule has 0 aliphatic carbocycles. The second-order valence-electron chi connectivity index (χ2n) is 9.15. The lowest BCUT2D eigenvalue weighted by molar-refractivity contribution is 0.366. The molecule has 1 fully saturated rings. The number of nitrogens with zero attached hydrogens (tertiary/aromatic N) is 6. The van der Waals surface area contributed by atoms with E-state index >= 15 is 0 Å². The van der Waals surface area contributed by atoms with Crippen molar-refractivity contribution >= 4 is 30.2 Å². The highest BCUT2D eigenvalue weighted by atomic mass is 15.2. The first kappa shape index (κ1) is 21.9. The molecule has 1 aliphatic heterocycles. The number of anilines is 1. The van der Waals surface area contributed by atoms with Gasteiger partial charge in [-0.2, -0.15) is 10.5 Å². The molecule has 0 atom stereocenters. The zero-order chi connectivity index (χ0) is 23.2. The number of piperidine rings is 1. The molecule has 3 heterocycles. The van der Waals surface area contributed by atoms with E-state index in [2.05, 4.69) is 69.3 Å². The fourth-order valence-corrected chi connectivity index (χ4v) is 5.26. The third-order valence-electron chi connectivity index (χ3n) is 6.90. The zero-order valence-corrected chi connectivity index (χ0v) is 19.8. The van der Waals surface area contributed by atoms with Crippen molar-refractivity contribution in [3.63, 3.8) is 0 Å². The summed E-state index contributed by atoms with van der Waals surface area (Å²) in [5.74, 6) is 1.33. The number of hydrogen-bond acceptors (Lipinski definition) is 5. The third-order valence-corrected chi connectivity index (χ3v) is 6.90. The molecule has 0 N–H and O–H groups in total. The molecule has 0 bridgehead atoms. The molecule has 0 spiro atoms. The summed E-state index contributed by atoms with van der Waals surface area (Å²) in [6.45, 7) is 12.2. The minimum Gasteiger partial charge on any atom is -0.356 e. The largest absolute Gasteiger partial charge is 0.356 e. The van der Waals surface area contributed by atoms with Crippen LogP contribution in [0.1, 0.15) is 41.1 Å². The molecule has 0 radical (unpaired) electrons. The highest BCUT2D eigenvalue weighted by Gasteiger charge is 2.29. The molecule has 0 unspecified atom stereocenters. The van der Waals surface area contributed by atoms with Gasteiger partial charge < -0.3 is 4.90 Å².